The van der Waals surface area contributed by atoms with E-state index in [-0.39, 0.29) is 0 Å². The van der Waals surface area contributed by atoms with E-state index in [1.807, 2.05) is 0 Å². The summed E-state index contributed by atoms with van der Waals surface area (Å²) in [4.78, 5) is 0. The first-order valence-electron chi connectivity index (χ1n) is 4.89. The van der Waals surface area contributed by atoms with Crippen LogP contribution in [0.4, 0.5) is 0 Å². The Bertz CT molecular complexity index is 143. The Balaban J connectivity index is 4.15. The van der Waals surface area contributed by atoms with E-state index >= 15 is 0 Å². The third-order valence-corrected chi connectivity index (χ3v) is 2.46. The van der Waals surface area contributed by atoms with Gasteiger partial charge in [-0.15, -0.1) is 0 Å². The van der Waals surface area contributed by atoms with Crippen molar-refractivity contribution in [3.8, 4) is 0 Å². The molecule has 2 nitrogen and oxygen atoms in total. The Morgan fingerprint density at radius 3 is 2.17 bits per heavy atom. The molecule has 0 bridgehead atoms. The number of nitrogens with zero attached hydrogens (tertiary/aromatic N) is 1. The van der Waals surface area contributed by atoms with Gasteiger partial charge in [0.15, 0.2) is 0 Å². The van der Waals surface area contributed by atoms with E-state index < -0.39 is 0 Å². The summed E-state index contributed by atoms with van der Waals surface area (Å²) in [6, 6.07) is 0. The van der Waals surface area contributed by atoms with E-state index in [0.717, 1.165) is 25.0 Å². The number of oxime groups is 1. The lowest BCUT2D eigenvalue weighted by Crippen LogP contribution is -2.19. The number of hydrogen-bond acceptors (Lipinski definition) is 2. The van der Waals surface area contributed by atoms with Gasteiger partial charge in [-0.3, -0.25) is 0 Å². The molecule has 2 unspecified atom stereocenters. The monoisotopic (exact) mass is 171 g/mol. The molecule has 0 aliphatic heterocycles. The van der Waals surface area contributed by atoms with Crippen LogP contribution in [0, 0.1) is 11.8 Å². The van der Waals surface area contributed by atoms with Crippen molar-refractivity contribution >= 4 is 5.71 Å². The van der Waals surface area contributed by atoms with Gasteiger partial charge in [0.25, 0.3) is 0 Å². The lowest BCUT2D eigenvalue weighted by atomic mass is 9.90. The standard InChI is InChI=1S/C10H21NO/c1-5-7-9(4)10(11-12)8(3)6-2/h8-9,12H,5-7H2,1-4H3. The summed E-state index contributed by atoms with van der Waals surface area (Å²) in [6.07, 6.45) is 3.31. The SMILES string of the molecule is CCCC(C)C(=NO)C(C)CC. The zero-order chi connectivity index (χ0) is 9.56. The van der Waals surface area contributed by atoms with Crippen LogP contribution in [0.2, 0.25) is 0 Å². The van der Waals surface area contributed by atoms with Crippen LogP contribution in [0.15, 0.2) is 5.16 Å². The summed E-state index contributed by atoms with van der Waals surface area (Å²) in [7, 11) is 0. The van der Waals surface area contributed by atoms with Crippen molar-refractivity contribution in [2.24, 2.45) is 17.0 Å². The molecule has 72 valence electrons. The summed E-state index contributed by atoms with van der Waals surface area (Å²) < 4.78 is 0. The Morgan fingerprint density at radius 2 is 1.83 bits per heavy atom. The zero-order valence-corrected chi connectivity index (χ0v) is 8.67. The Hall–Kier alpha value is -0.530. The highest BCUT2D eigenvalue weighted by atomic mass is 16.4. The molecule has 0 heterocycles. The maximum Gasteiger partial charge on any atom is 0.0626 e. The molecule has 0 saturated carbocycles. The van der Waals surface area contributed by atoms with Crippen LogP contribution in [0.1, 0.15) is 47.0 Å². The lowest BCUT2D eigenvalue weighted by Gasteiger charge is -2.17. The molecule has 1 N–H and O–H groups in total. The largest absolute Gasteiger partial charge is 0.411 e. The summed E-state index contributed by atoms with van der Waals surface area (Å²) in [5, 5.41) is 12.2. The van der Waals surface area contributed by atoms with Crippen molar-refractivity contribution in [3.63, 3.8) is 0 Å². The average Bonchev–Trinajstić information content (AvgIpc) is 2.06. The van der Waals surface area contributed by atoms with E-state index in [2.05, 4.69) is 32.9 Å². The first kappa shape index (κ1) is 11.5. The Kier molecular flexibility index (Phi) is 5.77. The van der Waals surface area contributed by atoms with Crippen molar-refractivity contribution in [1.29, 1.82) is 0 Å². The van der Waals surface area contributed by atoms with Gasteiger partial charge < -0.3 is 5.21 Å². The molecule has 0 saturated heterocycles. The van der Waals surface area contributed by atoms with Gasteiger partial charge in [0.1, 0.15) is 0 Å². The Labute approximate surface area is 75.7 Å². The van der Waals surface area contributed by atoms with Gasteiger partial charge in [0.2, 0.25) is 0 Å². The maximum absolute atomic E-state index is 8.81. The second kappa shape index (κ2) is 6.04. The molecular weight excluding hydrogens is 150 g/mol. The quantitative estimate of drug-likeness (QED) is 0.384. The molecule has 2 heteroatoms. The van der Waals surface area contributed by atoms with Crippen molar-refractivity contribution in [3.05, 3.63) is 0 Å². The highest BCUT2D eigenvalue weighted by Crippen LogP contribution is 2.16. The first-order valence-corrected chi connectivity index (χ1v) is 4.89. The second-order valence-electron chi connectivity index (χ2n) is 3.52. The van der Waals surface area contributed by atoms with Crippen LogP contribution < -0.4 is 0 Å². The van der Waals surface area contributed by atoms with Crippen molar-refractivity contribution in [2.75, 3.05) is 0 Å². The Morgan fingerprint density at radius 1 is 1.25 bits per heavy atom. The minimum atomic E-state index is 0.413. The van der Waals surface area contributed by atoms with Crippen LogP contribution in [-0.4, -0.2) is 10.9 Å². The van der Waals surface area contributed by atoms with Crippen molar-refractivity contribution < 1.29 is 5.21 Å². The van der Waals surface area contributed by atoms with Crippen LogP contribution in [0.5, 0.6) is 0 Å². The molecule has 0 fully saturated rings. The molecule has 0 spiro atoms. The highest BCUT2D eigenvalue weighted by Gasteiger charge is 2.15. The molecule has 0 aromatic heterocycles. The predicted octanol–water partition coefficient (Wildman–Crippen LogP) is 3.30. The molecule has 0 amide bonds. The lowest BCUT2D eigenvalue weighted by molar-refractivity contribution is 0.309. The smallest absolute Gasteiger partial charge is 0.0626 e. The van der Waals surface area contributed by atoms with E-state index in [1.54, 1.807) is 0 Å². The van der Waals surface area contributed by atoms with Gasteiger partial charge in [-0.1, -0.05) is 39.3 Å². The van der Waals surface area contributed by atoms with Gasteiger partial charge in [-0.2, -0.15) is 0 Å². The topological polar surface area (TPSA) is 32.6 Å². The fraction of sp³-hybridized carbons (Fsp3) is 0.900. The van der Waals surface area contributed by atoms with E-state index in [4.69, 9.17) is 5.21 Å². The minimum Gasteiger partial charge on any atom is -0.411 e. The van der Waals surface area contributed by atoms with Crippen LogP contribution >= 0.6 is 0 Å². The summed E-state index contributed by atoms with van der Waals surface area (Å²) in [5.41, 5.74) is 0.958. The third kappa shape index (κ3) is 3.24. The van der Waals surface area contributed by atoms with Crippen LogP contribution in [0.25, 0.3) is 0 Å². The predicted molar refractivity (Wildman–Crippen MR) is 52.7 cm³/mol. The van der Waals surface area contributed by atoms with Gasteiger partial charge in [0.05, 0.1) is 5.71 Å². The number of hydrogen-bond donors (Lipinski definition) is 1. The van der Waals surface area contributed by atoms with Gasteiger partial charge in [-0.25, -0.2) is 0 Å². The van der Waals surface area contributed by atoms with E-state index in [0.29, 0.717) is 11.8 Å². The highest BCUT2D eigenvalue weighted by molar-refractivity contribution is 5.87. The van der Waals surface area contributed by atoms with Gasteiger partial charge in [-0.05, 0) is 24.7 Å². The normalized spacial score (nSPS) is 17.5. The molecule has 0 radical (unpaired) electrons. The molecule has 0 aliphatic rings. The van der Waals surface area contributed by atoms with Gasteiger partial charge >= 0.3 is 0 Å². The molecule has 12 heavy (non-hydrogen) atoms. The molecular formula is C10H21NO. The fourth-order valence-electron chi connectivity index (χ4n) is 1.47. The van der Waals surface area contributed by atoms with Crippen molar-refractivity contribution in [2.45, 2.75) is 47.0 Å². The number of rotatable bonds is 5. The average molecular weight is 171 g/mol. The van der Waals surface area contributed by atoms with Crippen LogP contribution in [0.3, 0.4) is 0 Å². The van der Waals surface area contributed by atoms with E-state index in [1.165, 1.54) is 0 Å². The summed E-state index contributed by atoms with van der Waals surface area (Å²) in [5.74, 6) is 0.839. The second-order valence-corrected chi connectivity index (χ2v) is 3.52. The minimum absolute atomic E-state index is 0.413. The van der Waals surface area contributed by atoms with E-state index in [9.17, 15) is 0 Å². The first-order chi connectivity index (χ1) is 5.67. The van der Waals surface area contributed by atoms with Gasteiger partial charge in [0, 0.05) is 0 Å². The maximum atomic E-state index is 8.81. The molecule has 0 aromatic carbocycles. The molecule has 0 rings (SSSR count). The summed E-state index contributed by atoms with van der Waals surface area (Å²) >= 11 is 0. The molecule has 2 atom stereocenters. The van der Waals surface area contributed by atoms with Crippen molar-refractivity contribution in [1.82, 2.24) is 0 Å². The third-order valence-electron chi connectivity index (χ3n) is 2.46. The summed E-state index contributed by atoms with van der Waals surface area (Å²) in [6.45, 7) is 8.52. The van der Waals surface area contributed by atoms with Crippen LogP contribution in [-0.2, 0) is 0 Å². The molecule has 0 aliphatic carbocycles. The fourth-order valence-corrected chi connectivity index (χ4v) is 1.47. The molecule has 0 aromatic rings. The zero-order valence-electron chi connectivity index (χ0n) is 8.67.